The van der Waals surface area contributed by atoms with Gasteiger partial charge in [0.1, 0.15) is 5.60 Å². The van der Waals surface area contributed by atoms with Crippen molar-refractivity contribution >= 4 is 44.5 Å². The smallest absolute Gasteiger partial charge is 0.418 e. The van der Waals surface area contributed by atoms with E-state index in [1.165, 1.54) is 27.7 Å². The number of fused-ring (bicyclic) bond motifs is 4. The highest BCUT2D eigenvalue weighted by Crippen LogP contribution is 2.39. The molecule has 7 rings (SSSR count). The predicted molar refractivity (Wildman–Crippen MR) is 181 cm³/mol. The zero-order valence-corrected chi connectivity index (χ0v) is 26.6. The molecule has 8 nitrogen and oxygen atoms in total. The molecular weight excluding hydrogens is 619 g/mol. The van der Waals surface area contributed by atoms with Gasteiger partial charge in [0.05, 0.1) is 27.8 Å². The molecule has 4 heterocycles. The van der Waals surface area contributed by atoms with E-state index < -0.39 is 29.0 Å². The van der Waals surface area contributed by atoms with Gasteiger partial charge in [-0.05, 0) is 74.9 Å². The number of amides is 1. The van der Waals surface area contributed by atoms with E-state index in [1.807, 2.05) is 48.5 Å². The molecule has 0 N–H and O–H groups in total. The normalized spacial score (nSPS) is 14.2. The Labute approximate surface area is 274 Å². The first kappa shape index (κ1) is 31.2. The van der Waals surface area contributed by atoms with Gasteiger partial charge in [0.2, 0.25) is 0 Å². The fourth-order valence-corrected chi connectivity index (χ4v) is 6.20. The van der Waals surface area contributed by atoms with Gasteiger partial charge in [0.25, 0.3) is 5.56 Å². The Morgan fingerprint density at radius 3 is 2.27 bits per heavy atom. The highest BCUT2D eigenvalue weighted by atomic mass is 19.4. The molecule has 1 amide bonds. The van der Waals surface area contributed by atoms with Crippen molar-refractivity contribution in [1.29, 1.82) is 0 Å². The molecule has 1 fully saturated rings. The second kappa shape index (κ2) is 11.7. The average Bonchev–Trinajstić information content (AvgIpc) is 3.06. The van der Waals surface area contributed by atoms with Gasteiger partial charge in [0.15, 0.2) is 0 Å². The summed E-state index contributed by atoms with van der Waals surface area (Å²) in [5, 5.41) is 2.19. The minimum Gasteiger partial charge on any atom is -0.444 e. The molecule has 0 radical (unpaired) electrons. The first-order valence-corrected chi connectivity index (χ1v) is 15.6. The van der Waals surface area contributed by atoms with Gasteiger partial charge in [-0.1, -0.05) is 24.3 Å². The Kier molecular flexibility index (Phi) is 7.57. The SMILES string of the molecule is CC(C)(C)OC(=O)N1CCN(c2ccc(-n3c(=O)ccc4cnc5ccc(-c6cnc7ccccc7c6)cc5c43)cc2C(F)(F)F)CC1. The van der Waals surface area contributed by atoms with E-state index in [0.29, 0.717) is 21.8 Å². The molecular formula is C37H32F3N5O3. The number of ether oxygens (including phenoxy) is 1. The summed E-state index contributed by atoms with van der Waals surface area (Å²) in [5.74, 6) is 0. The maximum absolute atomic E-state index is 14.7. The van der Waals surface area contributed by atoms with E-state index in [9.17, 15) is 22.8 Å². The fraction of sp³-hybridized carbons (Fsp3) is 0.243. The number of aromatic nitrogens is 3. The van der Waals surface area contributed by atoms with Crippen LogP contribution < -0.4 is 10.5 Å². The van der Waals surface area contributed by atoms with Crippen molar-refractivity contribution in [3.05, 3.63) is 107 Å². The highest BCUT2D eigenvalue weighted by Gasteiger charge is 2.37. The van der Waals surface area contributed by atoms with Gasteiger partial charge in [-0.3, -0.25) is 19.3 Å². The average molecular weight is 652 g/mol. The van der Waals surface area contributed by atoms with Gasteiger partial charge in [-0.25, -0.2) is 4.79 Å². The third kappa shape index (κ3) is 5.92. The van der Waals surface area contributed by atoms with Crippen LogP contribution in [0.2, 0.25) is 0 Å². The molecule has 0 unspecified atom stereocenters. The van der Waals surface area contributed by atoms with E-state index in [-0.39, 0.29) is 37.6 Å². The van der Waals surface area contributed by atoms with Crippen molar-refractivity contribution in [3.63, 3.8) is 0 Å². The van der Waals surface area contributed by atoms with Crippen LogP contribution in [-0.2, 0) is 10.9 Å². The third-order valence-corrected chi connectivity index (χ3v) is 8.46. The van der Waals surface area contributed by atoms with Crippen LogP contribution >= 0.6 is 0 Å². The van der Waals surface area contributed by atoms with Crippen LogP contribution in [0.25, 0.3) is 49.5 Å². The van der Waals surface area contributed by atoms with E-state index in [1.54, 1.807) is 44.1 Å². The molecule has 11 heteroatoms. The van der Waals surface area contributed by atoms with E-state index >= 15 is 0 Å². The lowest BCUT2D eigenvalue weighted by Gasteiger charge is -2.37. The number of halogens is 3. The number of carbonyl (C=O) groups is 1. The minimum absolute atomic E-state index is 0.0130. The lowest BCUT2D eigenvalue weighted by atomic mass is 10.0. The van der Waals surface area contributed by atoms with Crippen molar-refractivity contribution < 1.29 is 22.7 Å². The van der Waals surface area contributed by atoms with Crippen LogP contribution in [0.15, 0.2) is 96.1 Å². The predicted octanol–water partition coefficient (Wildman–Crippen LogP) is 7.83. The first-order valence-electron chi connectivity index (χ1n) is 15.6. The third-order valence-electron chi connectivity index (χ3n) is 8.46. The van der Waals surface area contributed by atoms with Crippen molar-refractivity contribution in [1.82, 2.24) is 19.4 Å². The lowest BCUT2D eigenvalue weighted by Crippen LogP contribution is -2.50. The number of anilines is 1. The Morgan fingerprint density at radius 2 is 1.52 bits per heavy atom. The fourth-order valence-electron chi connectivity index (χ4n) is 6.20. The molecule has 0 atom stereocenters. The Hall–Kier alpha value is -5.45. The van der Waals surface area contributed by atoms with Gasteiger partial charge >= 0.3 is 12.3 Å². The molecule has 0 saturated carbocycles. The zero-order valence-electron chi connectivity index (χ0n) is 26.6. The van der Waals surface area contributed by atoms with Crippen LogP contribution in [-0.4, -0.2) is 57.3 Å². The van der Waals surface area contributed by atoms with Crippen molar-refractivity contribution in [2.75, 3.05) is 31.1 Å². The van der Waals surface area contributed by atoms with Crippen LogP contribution in [0.3, 0.4) is 0 Å². The van der Waals surface area contributed by atoms with E-state index in [4.69, 9.17) is 4.74 Å². The van der Waals surface area contributed by atoms with Crippen LogP contribution in [0.1, 0.15) is 26.3 Å². The molecule has 0 spiro atoms. The second-order valence-electron chi connectivity index (χ2n) is 12.9. The van der Waals surface area contributed by atoms with E-state index in [2.05, 4.69) is 9.97 Å². The van der Waals surface area contributed by atoms with E-state index in [0.717, 1.165) is 28.1 Å². The first-order chi connectivity index (χ1) is 22.9. The van der Waals surface area contributed by atoms with Crippen molar-refractivity contribution in [2.24, 2.45) is 0 Å². The number of piperazine rings is 1. The van der Waals surface area contributed by atoms with Gasteiger partial charge in [-0.2, -0.15) is 13.2 Å². The summed E-state index contributed by atoms with van der Waals surface area (Å²) < 4.78 is 50.8. The number of pyridine rings is 3. The van der Waals surface area contributed by atoms with Crippen molar-refractivity contribution in [3.8, 4) is 16.8 Å². The number of hydrogen-bond acceptors (Lipinski definition) is 6. The largest absolute Gasteiger partial charge is 0.444 e. The molecule has 1 aliphatic heterocycles. The lowest BCUT2D eigenvalue weighted by molar-refractivity contribution is -0.137. The number of carbonyl (C=O) groups excluding carboxylic acids is 1. The Bertz CT molecular complexity index is 2270. The monoisotopic (exact) mass is 651 g/mol. The molecule has 0 aliphatic carbocycles. The van der Waals surface area contributed by atoms with Crippen LogP contribution in [0.5, 0.6) is 0 Å². The van der Waals surface area contributed by atoms with Gasteiger partial charge in [-0.15, -0.1) is 0 Å². The summed E-state index contributed by atoms with van der Waals surface area (Å²) in [7, 11) is 0. The highest BCUT2D eigenvalue weighted by molar-refractivity contribution is 6.05. The summed E-state index contributed by atoms with van der Waals surface area (Å²) >= 11 is 0. The van der Waals surface area contributed by atoms with Gasteiger partial charge < -0.3 is 14.5 Å². The van der Waals surface area contributed by atoms with Gasteiger partial charge in [0, 0.05) is 72.0 Å². The molecule has 1 saturated heterocycles. The summed E-state index contributed by atoms with van der Waals surface area (Å²) in [5.41, 5.74) is 1.64. The quantitative estimate of drug-likeness (QED) is 0.182. The Balaban J connectivity index is 1.31. The second-order valence-corrected chi connectivity index (χ2v) is 12.9. The number of benzene rings is 3. The maximum atomic E-state index is 14.7. The molecule has 244 valence electrons. The summed E-state index contributed by atoms with van der Waals surface area (Å²) in [6.07, 6.45) is -1.81. The summed E-state index contributed by atoms with van der Waals surface area (Å²) in [6, 6.07) is 22.4. The standard InChI is InChI=1S/C37H32F3N5O3/c1-36(2,3)48-35(47)44-16-14-43(15-17-44)32-12-10-27(20-29(32)37(38,39)40)45-33(46)13-9-25-21-42-31-11-8-23(19-28(31)34(25)45)26-18-24-6-4-5-7-30(24)41-22-26/h4-13,18-22H,14-17H2,1-3H3. The summed E-state index contributed by atoms with van der Waals surface area (Å²) in [4.78, 5) is 38.3. The molecule has 1 aliphatic rings. The minimum atomic E-state index is -4.71. The topological polar surface area (TPSA) is 80.6 Å². The number of para-hydroxylation sites is 1. The number of nitrogens with zero attached hydrogens (tertiary/aromatic N) is 5. The number of alkyl halides is 3. The molecule has 0 bridgehead atoms. The van der Waals surface area contributed by atoms with Crippen molar-refractivity contribution in [2.45, 2.75) is 32.5 Å². The van der Waals surface area contributed by atoms with Crippen LogP contribution in [0.4, 0.5) is 23.7 Å². The zero-order chi connectivity index (χ0) is 33.8. The molecule has 3 aromatic carbocycles. The number of rotatable bonds is 3. The molecule has 6 aromatic rings. The summed E-state index contributed by atoms with van der Waals surface area (Å²) in [6.45, 7) is 6.10. The maximum Gasteiger partial charge on any atom is 0.418 e. The molecule has 3 aromatic heterocycles. The number of hydrogen-bond donors (Lipinski definition) is 0. The Morgan fingerprint density at radius 1 is 0.771 bits per heavy atom. The van der Waals surface area contributed by atoms with Crippen LogP contribution in [0, 0.1) is 0 Å². The molecule has 48 heavy (non-hydrogen) atoms.